The molecule has 100 valence electrons. The van der Waals surface area contributed by atoms with Crippen LogP contribution < -0.4 is 5.43 Å². The van der Waals surface area contributed by atoms with Crippen LogP contribution in [-0.4, -0.2) is 20.9 Å². The predicted octanol–water partition coefficient (Wildman–Crippen LogP) is 2.72. The molecule has 0 unspecified atom stereocenters. The van der Waals surface area contributed by atoms with Crippen LogP contribution >= 0.6 is 0 Å². The van der Waals surface area contributed by atoms with Crippen LogP contribution in [0.2, 0.25) is 0 Å². The van der Waals surface area contributed by atoms with E-state index in [2.05, 4.69) is 15.5 Å². The Bertz CT molecular complexity index is 776. The summed E-state index contributed by atoms with van der Waals surface area (Å²) in [7, 11) is 1.92. The molecule has 0 fully saturated rings. The first kappa shape index (κ1) is 12.2. The molecule has 1 heterocycles. The highest BCUT2D eigenvalue weighted by Crippen LogP contribution is 2.17. The topological polar surface area (TPSA) is 62.4 Å². The van der Waals surface area contributed by atoms with Crippen LogP contribution in [0.3, 0.4) is 0 Å². The van der Waals surface area contributed by atoms with E-state index in [0.717, 1.165) is 11.0 Å². The van der Waals surface area contributed by atoms with Gasteiger partial charge in [-0.15, -0.1) is 0 Å². The summed E-state index contributed by atoms with van der Waals surface area (Å²) in [4.78, 5) is 4.44. The Hall–Kier alpha value is -2.82. The minimum absolute atomic E-state index is 0.197. The molecule has 3 rings (SSSR count). The summed E-state index contributed by atoms with van der Waals surface area (Å²) in [6, 6.07) is 14.9. The molecule has 0 aliphatic rings. The molecule has 3 aromatic rings. The SMILES string of the molecule is Cn1c(N/N=C\c2ccccc2O)nc2ccccc21. The molecule has 0 spiro atoms. The van der Waals surface area contributed by atoms with Crippen LogP contribution in [0.15, 0.2) is 53.6 Å². The van der Waals surface area contributed by atoms with Crippen LogP contribution in [-0.2, 0) is 7.05 Å². The summed E-state index contributed by atoms with van der Waals surface area (Å²) in [6.45, 7) is 0. The molecule has 5 heteroatoms. The van der Waals surface area contributed by atoms with Gasteiger partial charge in [0.25, 0.3) is 0 Å². The molecule has 0 bridgehead atoms. The monoisotopic (exact) mass is 266 g/mol. The molecule has 0 atom stereocenters. The standard InChI is InChI=1S/C15H14N4O/c1-19-13-8-4-3-7-12(13)17-15(19)18-16-10-11-6-2-5-9-14(11)20/h2-10,20H,1H3,(H,17,18)/b16-10-. The van der Waals surface area contributed by atoms with Crippen molar-refractivity contribution >= 4 is 23.2 Å². The van der Waals surface area contributed by atoms with Gasteiger partial charge in [0, 0.05) is 12.6 Å². The highest BCUT2D eigenvalue weighted by Gasteiger charge is 2.05. The lowest BCUT2D eigenvalue weighted by molar-refractivity contribution is 0.474. The number of hydrazone groups is 1. The number of nitrogens with zero attached hydrogens (tertiary/aromatic N) is 3. The van der Waals surface area contributed by atoms with Crippen molar-refractivity contribution in [3.05, 3.63) is 54.1 Å². The third kappa shape index (κ3) is 2.21. The molecule has 2 aromatic carbocycles. The molecule has 5 nitrogen and oxygen atoms in total. The summed E-state index contributed by atoms with van der Waals surface area (Å²) >= 11 is 0. The number of phenolic OH excluding ortho intramolecular Hbond substituents is 1. The van der Waals surface area contributed by atoms with E-state index in [1.807, 2.05) is 41.9 Å². The Morgan fingerprint density at radius 1 is 1.15 bits per heavy atom. The van der Waals surface area contributed by atoms with Crippen LogP contribution in [0.5, 0.6) is 5.75 Å². The Balaban J connectivity index is 1.84. The van der Waals surface area contributed by atoms with Gasteiger partial charge in [-0.05, 0) is 24.3 Å². The highest BCUT2D eigenvalue weighted by atomic mass is 16.3. The first-order chi connectivity index (χ1) is 9.75. The highest BCUT2D eigenvalue weighted by molar-refractivity contribution is 5.84. The fourth-order valence-electron chi connectivity index (χ4n) is 2.00. The molecule has 0 saturated heterocycles. The van der Waals surface area contributed by atoms with E-state index in [0.29, 0.717) is 11.5 Å². The fourth-order valence-corrected chi connectivity index (χ4v) is 2.00. The van der Waals surface area contributed by atoms with E-state index in [4.69, 9.17) is 0 Å². The summed E-state index contributed by atoms with van der Waals surface area (Å²) < 4.78 is 1.93. The van der Waals surface area contributed by atoms with Gasteiger partial charge >= 0.3 is 0 Å². The van der Waals surface area contributed by atoms with E-state index in [9.17, 15) is 5.11 Å². The Morgan fingerprint density at radius 3 is 2.70 bits per heavy atom. The molecule has 0 aliphatic carbocycles. The Morgan fingerprint density at radius 2 is 1.90 bits per heavy atom. The third-order valence-electron chi connectivity index (χ3n) is 3.09. The van der Waals surface area contributed by atoms with Gasteiger partial charge in [0.1, 0.15) is 5.75 Å². The molecule has 0 amide bonds. The zero-order valence-electron chi connectivity index (χ0n) is 11.0. The van der Waals surface area contributed by atoms with Crippen molar-refractivity contribution < 1.29 is 5.11 Å². The van der Waals surface area contributed by atoms with Crippen LogP contribution in [0.1, 0.15) is 5.56 Å². The van der Waals surface area contributed by atoms with E-state index in [1.165, 1.54) is 0 Å². The van der Waals surface area contributed by atoms with Gasteiger partial charge < -0.3 is 9.67 Å². The fraction of sp³-hybridized carbons (Fsp3) is 0.0667. The smallest absolute Gasteiger partial charge is 0.224 e. The molecule has 0 aliphatic heterocycles. The maximum Gasteiger partial charge on any atom is 0.224 e. The van der Waals surface area contributed by atoms with Gasteiger partial charge in [0.15, 0.2) is 0 Å². The van der Waals surface area contributed by atoms with E-state index >= 15 is 0 Å². The van der Waals surface area contributed by atoms with Crippen molar-refractivity contribution in [1.82, 2.24) is 9.55 Å². The van der Waals surface area contributed by atoms with Crippen molar-refractivity contribution in [3.63, 3.8) is 0 Å². The van der Waals surface area contributed by atoms with Gasteiger partial charge in [0.2, 0.25) is 5.95 Å². The average Bonchev–Trinajstić information content (AvgIpc) is 2.78. The molecule has 2 N–H and O–H groups in total. The zero-order chi connectivity index (χ0) is 13.9. The van der Waals surface area contributed by atoms with E-state index in [1.54, 1.807) is 24.4 Å². The molecule has 0 saturated carbocycles. The van der Waals surface area contributed by atoms with Crippen molar-refractivity contribution in [2.24, 2.45) is 12.1 Å². The Labute approximate surface area is 116 Å². The first-order valence-electron chi connectivity index (χ1n) is 6.24. The summed E-state index contributed by atoms with van der Waals surface area (Å²) in [5, 5.41) is 13.7. The number of aryl methyl sites for hydroxylation is 1. The largest absolute Gasteiger partial charge is 0.507 e. The maximum atomic E-state index is 9.64. The number of benzene rings is 2. The first-order valence-corrected chi connectivity index (χ1v) is 6.24. The number of aromatic nitrogens is 2. The normalized spacial score (nSPS) is 11.2. The molecule has 0 radical (unpaired) electrons. The van der Waals surface area contributed by atoms with Crippen LogP contribution in [0.25, 0.3) is 11.0 Å². The number of hydrogen-bond donors (Lipinski definition) is 2. The van der Waals surface area contributed by atoms with Gasteiger partial charge in [-0.3, -0.25) is 0 Å². The lowest BCUT2D eigenvalue weighted by atomic mass is 10.2. The molecular weight excluding hydrogens is 252 g/mol. The van der Waals surface area contributed by atoms with Gasteiger partial charge in [0.05, 0.1) is 17.2 Å². The van der Waals surface area contributed by atoms with Crippen molar-refractivity contribution in [3.8, 4) is 5.75 Å². The van der Waals surface area contributed by atoms with Crippen molar-refractivity contribution in [1.29, 1.82) is 0 Å². The number of aromatic hydroxyl groups is 1. The zero-order valence-corrected chi connectivity index (χ0v) is 11.0. The van der Waals surface area contributed by atoms with E-state index in [-0.39, 0.29) is 5.75 Å². The van der Waals surface area contributed by atoms with Gasteiger partial charge in [-0.25, -0.2) is 10.4 Å². The van der Waals surface area contributed by atoms with Crippen LogP contribution in [0.4, 0.5) is 5.95 Å². The number of anilines is 1. The second kappa shape index (κ2) is 5.05. The lowest BCUT2D eigenvalue weighted by Gasteiger charge is -2.01. The number of rotatable bonds is 3. The Kier molecular flexibility index (Phi) is 3.09. The molecule has 20 heavy (non-hydrogen) atoms. The lowest BCUT2D eigenvalue weighted by Crippen LogP contribution is -1.98. The van der Waals surface area contributed by atoms with Crippen molar-refractivity contribution in [2.75, 3.05) is 5.43 Å². The van der Waals surface area contributed by atoms with Gasteiger partial charge in [-0.2, -0.15) is 5.10 Å². The second-order valence-corrected chi connectivity index (χ2v) is 4.41. The maximum absolute atomic E-state index is 9.64. The summed E-state index contributed by atoms with van der Waals surface area (Å²) in [5.74, 6) is 0.848. The number of hydrogen-bond acceptors (Lipinski definition) is 4. The molecular formula is C15H14N4O. The predicted molar refractivity (Wildman–Crippen MR) is 80.0 cm³/mol. The van der Waals surface area contributed by atoms with Crippen LogP contribution in [0, 0.1) is 0 Å². The minimum atomic E-state index is 0.197. The summed E-state index contributed by atoms with van der Waals surface area (Å²) in [5.41, 5.74) is 5.49. The number of imidazole rings is 1. The number of phenols is 1. The van der Waals surface area contributed by atoms with E-state index < -0.39 is 0 Å². The molecule has 1 aromatic heterocycles. The summed E-state index contributed by atoms with van der Waals surface area (Å²) in [6.07, 6.45) is 1.56. The third-order valence-corrected chi connectivity index (χ3v) is 3.09. The number of nitrogens with one attached hydrogen (secondary N) is 1. The second-order valence-electron chi connectivity index (χ2n) is 4.41. The number of fused-ring (bicyclic) bond motifs is 1. The number of para-hydroxylation sites is 3. The van der Waals surface area contributed by atoms with Crippen molar-refractivity contribution in [2.45, 2.75) is 0 Å². The quantitative estimate of drug-likeness (QED) is 0.566. The average molecular weight is 266 g/mol. The minimum Gasteiger partial charge on any atom is -0.507 e. The van der Waals surface area contributed by atoms with Gasteiger partial charge in [-0.1, -0.05) is 24.3 Å².